The van der Waals surface area contributed by atoms with Crippen LogP contribution in [-0.2, 0) is 4.74 Å². The van der Waals surface area contributed by atoms with E-state index in [1.807, 2.05) is 24.3 Å². The number of benzene rings is 1. The SMILES string of the molecule is CNC(=O)n1ccc2cc(Nc3cc(NC(=O)N4CCOCC4)ncn3)ccc21. The Kier molecular flexibility index (Phi) is 5.25. The number of carbonyl (C=O) groups is 2. The van der Waals surface area contributed by atoms with Crippen LogP contribution in [0.15, 0.2) is 42.9 Å². The van der Waals surface area contributed by atoms with E-state index in [4.69, 9.17) is 4.74 Å². The van der Waals surface area contributed by atoms with Gasteiger partial charge in [0.15, 0.2) is 0 Å². The molecular weight excluding hydrogens is 374 g/mol. The van der Waals surface area contributed by atoms with Crippen molar-refractivity contribution in [3.05, 3.63) is 42.9 Å². The summed E-state index contributed by atoms with van der Waals surface area (Å²) >= 11 is 0. The highest BCUT2D eigenvalue weighted by Crippen LogP contribution is 2.23. The lowest BCUT2D eigenvalue weighted by Gasteiger charge is -2.26. The van der Waals surface area contributed by atoms with Crippen LogP contribution in [0.25, 0.3) is 10.9 Å². The highest BCUT2D eigenvalue weighted by Gasteiger charge is 2.17. The maximum absolute atomic E-state index is 12.3. The molecular formula is C19H21N7O3. The lowest BCUT2D eigenvalue weighted by atomic mass is 10.2. The number of nitrogens with zero attached hydrogens (tertiary/aromatic N) is 4. The summed E-state index contributed by atoms with van der Waals surface area (Å²) < 4.78 is 6.80. The second-order valence-electron chi connectivity index (χ2n) is 6.46. The van der Waals surface area contributed by atoms with E-state index in [1.165, 1.54) is 6.33 Å². The highest BCUT2D eigenvalue weighted by molar-refractivity contribution is 5.93. The summed E-state index contributed by atoms with van der Waals surface area (Å²) in [6, 6.07) is 8.75. The van der Waals surface area contributed by atoms with Gasteiger partial charge in [0, 0.05) is 43.5 Å². The first kappa shape index (κ1) is 18.7. The summed E-state index contributed by atoms with van der Waals surface area (Å²) in [5, 5.41) is 9.49. The van der Waals surface area contributed by atoms with Crippen LogP contribution in [0.5, 0.6) is 0 Å². The molecule has 0 aliphatic carbocycles. The highest BCUT2D eigenvalue weighted by atomic mass is 16.5. The number of anilines is 3. The fourth-order valence-corrected chi connectivity index (χ4v) is 3.11. The topological polar surface area (TPSA) is 113 Å². The summed E-state index contributed by atoms with van der Waals surface area (Å²) in [7, 11) is 1.59. The summed E-state index contributed by atoms with van der Waals surface area (Å²) in [5.74, 6) is 0.952. The van der Waals surface area contributed by atoms with Crippen LogP contribution in [0.1, 0.15) is 0 Å². The molecule has 3 heterocycles. The van der Waals surface area contributed by atoms with Crippen molar-refractivity contribution in [2.45, 2.75) is 0 Å². The predicted molar refractivity (Wildman–Crippen MR) is 109 cm³/mol. The molecule has 1 fully saturated rings. The number of aromatic nitrogens is 3. The Morgan fingerprint density at radius 3 is 2.62 bits per heavy atom. The Labute approximate surface area is 166 Å². The van der Waals surface area contributed by atoms with Gasteiger partial charge in [0.05, 0.1) is 18.7 Å². The number of fused-ring (bicyclic) bond motifs is 1. The molecule has 10 heteroatoms. The minimum atomic E-state index is -0.213. The van der Waals surface area contributed by atoms with Gasteiger partial charge in [-0.15, -0.1) is 0 Å². The van der Waals surface area contributed by atoms with Crippen molar-refractivity contribution in [1.82, 2.24) is 24.8 Å². The van der Waals surface area contributed by atoms with Gasteiger partial charge in [0.2, 0.25) is 0 Å². The van der Waals surface area contributed by atoms with Crippen LogP contribution in [-0.4, -0.2) is 64.8 Å². The van der Waals surface area contributed by atoms with E-state index in [0.29, 0.717) is 37.9 Å². The quantitative estimate of drug-likeness (QED) is 0.627. The Bertz CT molecular complexity index is 1040. The van der Waals surface area contributed by atoms with Crippen molar-refractivity contribution in [1.29, 1.82) is 0 Å². The maximum atomic E-state index is 12.3. The number of ether oxygens (including phenoxy) is 1. The van der Waals surface area contributed by atoms with Crippen LogP contribution >= 0.6 is 0 Å². The Morgan fingerprint density at radius 2 is 1.83 bits per heavy atom. The normalized spacial score (nSPS) is 13.9. The van der Waals surface area contributed by atoms with Gasteiger partial charge in [-0.2, -0.15) is 0 Å². The fraction of sp³-hybridized carbons (Fsp3) is 0.263. The molecule has 0 atom stereocenters. The average Bonchev–Trinajstić information content (AvgIpc) is 3.17. The van der Waals surface area contributed by atoms with Gasteiger partial charge in [0.1, 0.15) is 18.0 Å². The molecule has 1 aliphatic rings. The van der Waals surface area contributed by atoms with Gasteiger partial charge in [-0.3, -0.25) is 9.88 Å². The molecule has 1 aromatic carbocycles. The second-order valence-corrected chi connectivity index (χ2v) is 6.46. The summed E-state index contributed by atoms with van der Waals surface area (Å²) in [6.07, 6.45) is 3.11. The third kappa shape index (κ3) is 4.11. The number of nitrogens with one attached hydrogen (secondary N) is 3. The molecule has 0 spiro atoms. The molecule has 4 rings (SSSR count). The van der Waals surface area contributed by atoms with Gasteiger partial charge in [-0.1, -0.05) is 0 Å². The maximum Gasteiger partial charge on any atom is 0.325 e. The largest absolute Gasteiger partial charge is 0.378 e. The monoisotopic (exact) mass is 395 g/mol. The number of urea groups is 1. The lowest BCUT2D eigenvalue weighted by Crippen LogP contribution is -2.43. The first-order valence-electron chi connectivity index (χ1n) is 9.20. The van der Waals surface area contributed by atoms with Crippen molar-refractivity contribution in [2.75, 3.05) is 44.0 Å². The van der Waals surface area contributed by atoms with Crippen LogP contribution < -0.4 is 16.0 Å². The lowest BCUT2D eigenvalue weighted by molar-refractivity contribution is 0.0564. The van der Waals surface area contributed by atoms with Crippen molar-refractivity contribution in [3.63, 3.8) is 0 Å². The third-order valence-electron chi connectivity index (χ3n) is 4.60. The number of rotatable bonds is 3. The molecule has 2 aromatic heterocycles. The van der Waals surface area contributed by atoms with Crippen molar-refractivity contribution < 1.29 is 14.3 Å². The number of hydrogen-bond acceptors (Lipinski definition) is 6. The van der Waals surface area contributed by atoms with Gasteiger partial charge in [-0.05, 0) is 24.3 Å². The Hall–Kier alpha value is -3.66. The van der Waals surface area contributed by atoms with E-state index in [1.54, 1.807) is 28.8 Å². The predicted octanol–water partition coefficient (Wildman–Crippen LogP) is 2.23. The standard InChI is InChI=1S/C19H21N7O3/c1-20-18(27)26-5-4-13-10-14(2-3-15(13)26)23-16-11-17(22-12-21-16)24-19(28)25-6-8-29-9-7-25/h2-5,10-12H,6-9H2,1H3,(H,20,27)(H2,21,22,23,24,28). The minimum absolute atomic E-state index is 0.197. The van der Waals surface area contributed by atoms with E-state index in [-0.39, 0.29) is 12.1 Å². The van der Waals surface area contributed by atoms with E-state index in [0.717, 1.165) is 16.6 Å². The molecule has 3 N–H and O–H groups in total. The molecule has 1 saturated heterocycles. The van der Waals surface area contributed by atoms with Crippen LogP contribution in [0.2, 0.25) is 0 Å². The molecule has 0 unspecified atom stereocenters. The molecule has 3 amide bonds. The number of morpholine rings is 1. The summed E-state index contributed by atoms with van der Waals surface area (Å²) in [5.41, 5.74) is 1.60. The van der Waals surface area contributed by atoms with Gasteiger partial charge in [0.25, 0.3) is 0 Å². The van der Waals surface area contributed by atoms with E-state index in [2.05, 4.69) is 25.9 Å². The Balaban J connectivity index is 1.47. The van der Waals surface area contributed by atoms with E-state index in [9.17, 15) is 9.59 Å². The molecule has 10 nitrogen and oxygen atoms in total. The van der Waals surface area contributed by atoms with Crippen molar-refractivity contribution in [3.8, 4) is 0 Å². The van der Waals surface area contributed by atoms with Crippen molar-refractivity contribution >= 4 is 40.3 Å². The molecule has 1 aliphatic heterocycles. The second kappa shape index (κ2) is 8.15. The average molecular weight is 395 g/mol. The minimum Gasteiger partial charge on any atom is -0.378 e. The van der Waals surface area contributed by atoms with Crippen molar-refractivity contribution in [2.24, 2.45) is 0 Å². The van der Waals surface area contributed by atoms with E-state index >= 15 is 0 Å². The summed E-state index contributed by atoms with van der Waals surface area (Å²) in [4.78, 5) is 34.2. The first-order chi connectivity index (χ1) is 14.1. The molecule has 0 bridgehead atoms. The van der Waals surface area contributed by atoms with Gasteiger partial charge >= 0.3 is 12.1 Å². The van der Waals surface area contributed by atoms with E-state index < -0.39 is 0 Å². The number of hydrogen-bond donors (Lipinski definition) is 3. The first-order valence-corrected chi connectivity index (χ1v) is 9.20. The number of carbonyl (C=O) groups excluding carboxylic acids is 2. The zero-order chi connectivity index (χ0) is 20.2. The zero-order valence-corrected chi connectivity index (χ0v) is 15.9. The molecule has 150 valence electrons. The van der Waals surface area contributed by atoms with Crippen LogP contribution in [0.4, 0.5) is 26.9 Å². The Morgan fingerprint density at radius 1 is 1.03 bits per heavy atom. The van der Waals surface area contributed by atoms with Gasteiger partial charge in [-0.25, -0.2) is 19.6 Å². The molecule has 29 heavy (non-hydrogen) atoms. The molecule has 3 aromatic rings. The van der Waals surface area contributed by atoms with Gasteiger partial charge < -0.3 is 20.3 Å². The molecule has 0 saturated carbocycles. The van der Waals surface area contributed by atoms with Crippen LogP contribution in [0.3, 0.4) is 0 Å². The zero-order valence-electron chi connectivity index (χ0n) is 15.9. The summed E-state index contributed by atoms with van der Waals surface area (Å²) in [6.45, 7) is 2.18. The molecule has 0 radical (unpaired) electrons. The fourth-order valence-electron chi connectivity index (χ4n) is 3.11. The number of amides is 3. The smallest absolute Gasteiger partial charge is 0.325 e. The van der Waals surface area contributed by atoms with Crippen LogP contribution in [0, 0.1) is 0 Å². The third-order valence-corrected chi connectivity index (χ3v) is 4.60.